The number of hydrogen-bond acceptors (Lipinski definition) is 2. The molecule has 1 heterocycles. The molecule has 2 atom stereocenters. The predicted octanol–water partition coefficient (Wildman–Crippen LogP) is 1.37. The summed E-state index contributed by atoms with van der Waals surface area (Å²) in [5.41, 5.74) is 0.618. The normalized spacial score (nSPS) is 23.1. The molecule has 1 aromatic rings. The van der Waals surface area contributed by atoms with Crippen LogP contribution in [0.4, 0.5) is 4.39 Å². The summed E-state index contributed by atoms with van der Waals surface area (Å²) in [5.74, 6) is -0.0855. The quantitative estimate of drug-likeness (QED) is 0.886. The van der Waals surface area contributed by atoms with Crippen LogP contribution < -0.4 is 5.32 Å². The molecule has 2 N–H and O–H groups in total. The number of rotatable bonds is 5. The number of thioether (sulfide) groups is 1. The Morgan fingerprint density at radius 2 is 2.16 bits per heavy atom. The lowest BCUT2D eigenvalue weighted by Gasteiger charge is -2.23. The maximum Gasteiger partial charge on any atom is 0.237 e. The Kier molecular flexibility index (Phi) is 4.82. The molecular formula is C14H20FN2OS+. The fourth-order valence-corrected chi connectivity index (χ4v) is 3.72. The van der Waals surface area contributed by atoms with Crippen molar-refractivity contribution in [3.63, 3.8) is 0 Å². The van der Waals surface area contributed by atoms with Crippen LogP contribution in [0.25, 0.3) is 0 Å². The molecule has 0 unspecified atom stereocenters. The number of amides is 1. The lowest BCUT2D eigenvalue weighted by Crippen LogP contribution is -2.81. The Hall–Kier alpha value is -1.07. The Bertz CT molecular complexity index is 455. The number of nitrogens with two attached hydrogens (primary N) is 1. The van der Waals surface area contributed by atoms with E-state index < -0.39 is 0 Å². The van der Waals surface area contributed by atoms with Crippen molar-refractivity contribution in [1.82, 2.24) is 4.90 Å². The highest BCUT2D eigenvalue weighted by Crippen LogP contribution is 2.44. The third kappa shape index (κ3) is 2.92. The molecule has 0 aromatic heterocycles. The van der Waals surface area contributed by atoms with Gasteiger partial charge in [-0.3, -0.25) is 4.79 Å². The number of hydrogen-bond donors (Lipinski definition) is 1. The minimum atomic E-state index is -0.227. The van der Waals surface area contributed by atoms with E-state index in [2.05, 4.69) is 0 Å². The van der Waals surface area contributed by atoms with E-state index in [-0.39, 0.29) is 22.3 Å². The number of halogens is 1. The van der Waals surface area contributed by atoms with Gasteiger partial charge in [0.05, 0.1) is 25.4 Å². The first-order valence-corrected chi connectivity index (χ1v) is 7.61. The third-order valence-electron chi connectivity index (χ3n) is 3.34. The smallest absolute Gasteiger partial charge is 0.237 e. The maximum atomic E-state index is 13.9. The second kappa shape index (κ2) is 6.39. The standard InChI is InChI=1S/C14H19FN2OS/c1-3-12-13(18)17(9-8-16-2)14(19-12)10-6-4-5-7-11(10)15/h4-7,12,14,16H,3,8-9H2,1-2H3/p+1/t12-,14-/m0/s1. The van der Waals surface area contributed by atoms with Gasteiger partial charge in [0, 0.05) is 5.56 Å². The van der Waals surface area contributed by atoms with Gasteiger partial charge in [0.25, 0.3) is 0 Å². The molecule has 0 radical (unpaired) electrons. The predicted molar refractivity (Wildman–Crippen MR) is 75.2 cm³/mol. The fourth-order valence-electron chi connectivity index (χ4n) is 2.27. The van der Waals surface area contributed by atoms with Gasteiger partial charge < -0.3 is 10.2 Å². The Morgan fingerprint density at radius 3 is 2.79 bits per heavy atom. The molecule has 19 heavy (non-hydrogen) atoms. The summed E-state index contributed by atoms with van der Waals surface area (Å²) in [7, 11) is 1.98. The minimum Gasteiger partial charge on any atom is -0.347 e. The van der Waals surface area contributed by atoms with E-state index >= 15 is 0 Å². The third-order valence-corrected chi connectivity index (χ3v) is 4.97. The monoisotopic (exact) mass is 283 g/mol. The van der Waals surface area contributed by atoms with Gasteiger partial charge in [-0.2, -0.15) is 0 Å². The second-order valence-electron chi connectivity index (χ2n) is 4.64. The van der Waals surface area contributed by atoms with Crippen molar-refractivity contribution < 1.29 is 14.5 Å². The highest BCUT2D eigenvalue weighted by Gasteiger charge is 2.40. The molecule has 1 saturated heterocycles. The topological polar surface area (TPSA) is 36.9 Å². The van der Waals surface area contributed by atoms with Crippen LogP contribution in [0.3, 0.4) is 0 Å². The molecule has 1 amide bonds. The minimum absolute atomic E-state index is 0.0403. The van der Waals surface area contributed by atoms with E-state index in [0.29, 0.717) is 12.1 Å². The summed E-state index contributed by atoms with van der Waals surface area (Å²) in [6, 6.07) is 6.75. The van der Waals surface area contributed by atoms with Crippen LogP contribution in [0.5, 0.6) is 0 Å². The number of carbonyl (C=O) groups is 1. The van der Waals surface area contributed by atoms with E-state index in [1.54, 1.807) is 23.9 Å². The molecule has 5 heteroatoms. The average molecular weight is 283 g/mol. The van der Waals surface area contributed by atoms with Crippen LogP contribution in [0.1, 0.15) is 24.3 Å². The molecule has 1 fully saturated rings. The van der Waals surface area contributed by atoms with Crippen molar-refractivity contribution in [3.05, 3.63) is 35.6 Å². The van der Waals surface area contributed by atoms with Gasteiger partial charge in [-0.05, 0) is 12.5 Å². The molecule has 0 aliphatic carbocycles. The maximum absolute atomic E-state index is 13.9. The van der Waals surface area contributed by atoms with Crippen LogP contribution in [-0.2, 0) is 4.79 Å². The molecule has 1 aliphatic rings. The van der Waals surface area contributed by atoms with E-state index in [1.807, 2.05) is 30.3 Å². The molecular weight excluding hydrogens is 263 g/mol. The fraction of sp³-hybridized carbons (Fsp3) is 0.500. The van der Waals surface area contributed by atoms with Crippen molar-refractivity contribution in [2.45, 2.75) is 24.0 Å². The first-order chi connectivity index (χ1) is 9.19. The molecule has 0 saturated carbocycles. The Balaban J connectivity index is 2.26. The van der Waals surface area contributed by atoms with E-state index in [9.17, 15) is 9.18 Å². The number of nitrogens with zero attached hydrogens (tertiary/aromatic N) is 1. The summed E-state index contributed by atoms with van der Waals surface area (Å²) in [6.45, 7) is 3.51. The Morgan fingerprint density at radius 1 is 1.42 bits per heavy atom. The van der Waals surface area contributed by atoms with Gasteiger partial charge in [0.15, 0.2) is 0 Å². The number of carbonyl (C=O) groups excluding carboxylic acids is 1. The van der Waals surface area contributed by atoms with Gasteiger partial charge in [-0.1, -0.05) is 25.1 Å². The summed E-state index contributed by atoms with van der Waals surface area (Å²) >= 11 is 1.57. The van der Waals surface area contributed by atoms with Crippen molar-refractivity contribution in [1.29, 1.82) is 0 Å². The zero-order valence-electron chi connectivity index (χ0n) is 11.3. The van der Waals surface area contributed by atoms with Crippen molar-refractivity contribution in [3.8, 4) is 0 Å². The molecule has 0 spiro atoms. The van der Waals surface area contributed by atoms with Crippen molar-refractivity contribution in [2.75, 3.05) is 20.1 Å². The summed E-state index contributed by atoms with van der Waals surface area (Å²) < 4.78 is 13.9. The van der Waals surface area contributed by atoms with E-state index in [1.165, 1.54) is 6.07 Å². The van der Waals surface area contributed by atoms with Gasteiger partial charge in [-0.15, -0.1) is 11.8 Å². The number of likely N-dealkylation sites (N-methyl/N-ethyl adjacent to an activating group) is 1. The van der Waals surface area contributed by atoms with Crippen molar-refractivity contribution >= 4 is 17.7 Å². The molecule has 0 bridgehead atoms. The van der Waals surface area contributed by atoms with Crippen molar-refractivity contribution in [2.24, 2.45) is 0 Å². The molecule has 2 rings (SSSR count). The first-order valence-electron chi connectivity index (χ1n) is 6.67. The molecule has 1 aromatic carbocycles. The van der Waals surface area contributed by atoms with E-state index in [4.69, 9.17) is 0 Å². The highest BCUT2D eigenvalue weighted by atomic mass is 32.2. The van der Waals surface area contributed by atoms with Gasteiger partial charge in [0.2, 0.25) is 5.91 Å². The van der Waals surface area contributed by atoms with Gasteiger partial charge in [0.1, 0.15) is 11.2 Å². The summed E-state index contributed by atoms with van der Waals surface area (Å²) in [5, 5.41) is 1.82. The second-order valence-corrected chi connectivity index (χ2v) is 5.92. The van der Waals surface area contributed by atoms with E-state index in [0.717, 1.165) is 13.0 Å². The lowest BCUT2D eigenvalue weighted by atomic mass is 10.2. The highest BCUT2D eigenvalue weighted by molar-refractivity contribution is 8.01. The zero-order chi connectivity index (χ0) is 13.8. The van der Waals surface area contributed by atoms with Gasteiger partial charge in [-0.25, -0.2) is 4.39 Å². The average Bonchev–Trinajstić information content (AvgIpc) is 2.73. The summed E-state index contributed by atoms with van der Waals surface area (Å²) in [4.78, 5) is 14.1. The first kappa shape index (κ1) is 14.3. The molecule has 1 aliphatic heterocycles. The Labute approximate surface area is 117 Å². The number of quaternary nitrogens is 1. The van der Waals surface area contributed by atoms with Crippen LogP contribution in [0.15, 0.2) is 24.3 Å². The van der Waals surface area contributed by atoms with Crippen LogP contribution >= 0.6 is 11.8 Å². The molecule has 3 nitrogen and oxygen atoms in total. The van der Waals surface area contributed by atoms with Crippen LogP contribution in [0, 0.1) is 5.82 Å². The van der Waals surface area contributed by atoms with Gasteiger partial charge >= 0.3 is 0 Å². The van der Waals surface area contributed by atoms with Crippen LogP contribution in [-0.4, -0.2) is 36.2 Å². The number of benzene rings is 1. The largest absolute Gasteiger partial charge is 0.347 e. The van der Waals surface area contributed by atoms with Crippen LogP contribution in [0.2, 0.25) is 0 Å². The lowest BCUT2D eigenvalue weighted by molar-refractivity contribution is -0.626. The summed E-state index contributed by atoms with van der Waals surface area (Å²) in [6.07, 6.45) is 0.792. The molecule has 104 valence electrons. The SMILES string of the molecule is CC[C@@H]1S[C@@H](c2ccccc2F)N(CC[NH2+]C)C1=O. The zero-order valence-corrected chi connectivity index (χ0v) is 12.1.